The lowest BCUT2D eigenvalue weighted by atomic mass is 10.2. The zero-order chi connectivity index (χ0) is 19.0. The zero-order valence-corrected chi connectivity index (χ0v) is 14.9. The number of hydrogen-bond donors (Lipinski definition) is 1. The van der Waals surface area contributed by atoms with Gasteiger partial charge in [0.1, 0.15) is 18.8 Å². The molecule has 0 fully saturated rings. The van der Waals surface area contributed by atoms with E-state index >= 15 is 0 Å². The predicted molar refractivity (Wildman–Crippen MR) is 92.4 cm³/mol. The van der Waals surface area contributed by atoms with Crippen molar-refractivity contribution in [1.82, 2.24) is 0 Å². The van der Waals surface area contributed by atoms with Crippen molar-refractivity contribution in [1.29, 1.82) is 0 Å². The molecule has 7 nitrogen and oxygen atoms in total. The molecule has 0 atom stereocenters. The maximum atomic E-state index is 12.0. The van der Waals surface area contributed by atoms with Crippen molar-refractivity contribution in [2.75, 3.05) is 18.5 Å². The third kappa shape index (κ3) is 8.01. The number of carbonyl (C=O) groups excluding carboxylic acids is 3. The van der Waals surface area contributed by atoms with Crippen LogP contribution >= 0.6 is 0 Å². The molecule has 0 saturated heterocycles. The minimum Gasteiger partial charge on any atom is -0.459 e. The van der Waals surface area contributed by atoms with Gasteiger partial charge in [0.25, 0.3) is 0 Å². The lowest BCUT2D eigenvalue weighted by molar-refractivity contribution is -0.140. The monoisotopic (exact) mass is 349 g/mol. The minimum absolute atomic E-state index is 0.0622. The fourth-order valence-electron chi connectivity index (χ4n) is 1.62. The number of carbonyl (C=O) groups is 3. The molecular formula is C18H23NO6. The van der Waals surface area contributed by atoms with E-state index < -0.39 is 23.6 Å². The van der Waals surface area contributed by atoms with E-state index in [1.165, 1.54) is 13.0 Å². The van der Waals surface area contributed by atoms with Gasteiger partial charge in [-0.2, -0.15) is 0 Å². The first kappa shape index (κ1) is 20.2. The highest BCUT2D eigenvalue weighted by atomic mass is 16.6. The van der Waals surface area contributed by atoms with E-state index in [4.69, 9.17) is 14.2 Å². The molecule has 0 spiro atoms. The van der Waals surface area contributed by atoms with Gasteiger partial charge in [-0.3, -0.25) is 5.32 Å². The molecule has 7 heteroatoms. The third-order valence-electron chi connectivity index (χ3n) is 2.64. The number of nitrogens with one attached hydrogen (secondary N) is 1. The molecular weight excluding hydrogens is 326 g/mol. The highest BCUT2D eigenvalue weighted by Gasteiger charge is 2.17. The van der Waals surface area contributed by atoms with E-state index in [2.05, 4.69) is 11.9 Å². The normalized spacial score (nSPS) is 10.6. The first-order chi connectivity index (χ1) is 11.6. The smallest absolute Gasteiger partial charge is 0.412 e. The Bertz CT molecular complexity index is 660. The number of hydrogen-bond acceptors (Lipinski definition) is 6. The molecule has 0 aromatic heterocycles. The van der Waals surface area contributed by atoms with E-state index in [1.54, 1.807) is 39.0 Å². The Labute approximate surface area is 146 Å². The number of benzene rings is 1. The van der Waals surface area contributed by atoms with E-state index in [0.717, 1.165) is 0 Å². The molecule has 0 aliphatic carbocycles. The largest absolute Gasteiger partial charge is 0.459 e. The van der Waals surface area contributed by atoms with Crippen molar-refractivity contribution in [3.05, 3.63) is 42.0 Å². The summed E-state index contributed by atoms with van der Waals surface area (Å²) in [5.41, 5.74) is 0.298. The second kappa shape index (κ2) is 8.86. The average molecular weight is 349 g/mol. The summed E-state index contributed by atoms with van der Waals surface area (Å²) in [5.74, 6) is -1.14. The fraction of sp³-hybridized carbons (Fsp3) is 0.389. The molecule has 0 heterocycles. The second-order valence-corrected chi connectivity index (χ2v) is 6.26. The highest BCUT2D eigenvalue weighted by molar-refractivity contribution is 5.92. The summed E-state index contributed by atoms with van der Waals surface area (Å²) in [6.45, 7) is 10.1. The van der Waals surface area contributed by atoms with Crippen LogP contribution in [0.3, 0.4) is 0 Å². The van der Waals surface area contributed by atoms with Crippen LogP contribution in [0.5, 0.6) is 0 Å². The van der Waals surface area contributed by atoms with Gasteiger partial charge in [0, 0.05) is 11.3 Å². The van der Waals surface area contributed by atoms with Gasteiger partial charge in [-0.15, -0.1) is 0 Å². The highest BCUT2D eigenvalue weighted by Crippen LogP contribution is 2.14. The van der Waals surface area contributed by atoms with E-state index in [1.807, 2.05) is 0 Å². The van der Waals surface area contributed by atoms with Crippen LogP contribution in [-0.4, -0.2) is 36.8 Å². The Morgan fingerprint density at radius 3 is 2.36 bits per heavy atom. The number of rotatable bonds is 6. The minimum atomic E-state index is -0.623. The molecule has 0 aliphatic rings. The van der Waals surface area contributed by atoms with Crippen molar-refractivity contribution in [2.24, 2.45) is 0 Å². The van der Waals surface area contributed by atoms with Crippen LogP contribution in [-0.2, 0) is 19.0 Å². The quantitative estimate of drug-likeness (QED) is 0.367. The van der Waals surface area contributed by atoms with Crippen LogP contribution in [0.25, 0.3) is 0 Å². The molecule has 0 radical (unpaired) electrons. The van der Waals surface area contributed by atoms with Crippen LogP contribution in [0.2, 0.25) is 0 Å². The molecule has 0 unspecified atom stereocenters. The lowest BCUT2D eigenvalue weighted by Crippen LogP contribution is -2.27. The molecule has 0 saturated carbocycles. The van der Waals surface area contributed by atoms with Crippen LogP contribution in [0.4, 0.5) is 10.5 Å². The van der Waals surface area contributed by atoms with E-state index in [-0.39, 0.29) is 24.4 Å². The second-order valence-electron chi connectivity index (χ2n) is 6.26. The maximum Gasteiger partial charge on any atom is 0.412 e. The summed E-state index contributed by atoms with van der Waals surface area (Å²) in [6.07, 6.45) is -0.621. The summed E-state index contributed by atoms with van der Waals surface area (Å²) in [5, 5.41) is 2.54. The van der Waals surface area contributed by atoms with Gasteiger partial charge < -0.3 is 14.2 Å². The van der Waals surface area contributed by atoms with E-state index in [9.17, 15) is 14.4 Å². The van der Waals surface area contributed by atoms with E-state index in [0.29, 0.717) is 5.69 Å². The van der Waals surface area contributed by atoms with Crippen molar-refractivity contribution in [3.63, 3.8) is 0 Å². The number of esters is 2. The molecule has 1 amide bonds. The SMILES string of the molecule is C=C(C)C(=O)OCCOC(=O)c1cccc(NC(=O)OC(C)(C)C)c1. The number of ether oxygens (including phenoxy) is 3. The van der Waals surface area contributed by atoms with Crippen LogP contribution in [0, 0.1) is 0 Å². The Balaban J connectivity index is 2.53. The Morgan fingerprint density at radius 1 is 1.12 bits per heavy atom. The summed E-state index contributed by atoms with van der Waals surface area (Å²) in [7, 11) is 0. The predicted octanol–water partition coefficient (Wildman–Crippen LogP) is 3.31. The molecule has 136 valence electrons. The zero-order valence-electron chi connectivity index (χ0n) is 14.9. The van der Waals surface area contributed by atoms with Crippen molar-refractivity contribution in [3.8, 4) is 0 Å². The van der Waals surface area contributed by atoms with Crippen molar-refractivity contribution >= 4 is 23.7 Å². The van der Waals surface area contributed by atoms with Gasteiger partial charge in [0.05, 0.1) is 5.56 Å². The summed E-state index contributed by atoms with van der Waals surface area (Å²) < 4.78 is 15.0. The first-order valence-corrected chi connectivity index (χ1v) is 7.68. The van der Waals surface area contributed by atoms with Crippen LogP contribution in [0.1, 0.15) is 38.1 Å². The van der Waals surface area contributed by atoms with Gasteiger partial charge in [-0.25, -0.2) is 14.4 Å². The Hall–Kier alpha value is -2.83. The maximum absolute atomic E-state index is 12.0. The molecule has 0 bridgehead atoms. The van der Waals surface area contributed by atoms with Gasteiger partial charge >= 0.3 is 18.0 Å². The van der Waals surface area contributed by atoms with Gasteiger partial charge in [0.15, 0.2) is 0 Å². The van der Waals surface area contributed by atoms with Crippen molar-refractivity contribution in [2.45, 2.75) is 33.3 Å². The third-order valence-corrected chi connectivity index (χ3v) is 2.64. The molecule has 1 aromatic rings. The number of amides is 1. The molecule has 25 heavy (non-hydrogen) atoms. The average Bonchev–Trinajstić information content (AvgIpc) is 2.49. The van der Waals surface area contributed by atoms with Gasteiger partial charge in [-0.1, -0.05) is 12.6 Å². The van der Waals surface area contributed by atoms with Crippen molar-refractivity contribution < 1.29 is 28.6 Å². The molecule has 1 rings (SSSR count). The first-order valence-electron chi connectivity index (χ1n) is 7.68. The number of anilines is 1. The standard InChI is InChI=1S/C18H23NO6/c1-12(2)15(20)23-9-10-24-16(21)13-7-6-8-14(11-13)19-17(22)25-18(3,4)5/h6-8,11H,1,9-10H2,2-5H3,(H,19,22). The summed E-state index contributed by atoms with van der Waals surface area (Å²) in [6, 6.07) is 6.23. The van der Waals surface area contributed by atoms with Gasteiger partial charge in [-0.05, 0) is 45.9 Å². The lowest BCUT2D eigenvalue weighted by Gasteiger charge is -2.19. The summed E-state index contributed by atoms with van der Waals surface area (Å²) in [4.78, 5) is 34.9. The van der Waals surface area contributed by atoms with Crippen LogP contribution < -0.4 is 5.32 Å². The fourth-order valence-corrected chi connectivity index (χ4v) is 1.62. The Kier molecular flexibility index (Phi) is 7.17. The molecule has 1 aromatic carbocycles. The Morgan fingerprint density at radius 2 is 1.76 bits per heavy atom. The molecule has 0 aliphatic heterocycles. The van der Waals surface area contributed by atoms with Gasteiger partial charge in [0.2, 0.25) is 0 Å². The molecule has 1 N–H and O–H groups in total. The summed E-state index contributed by atoms with van der Waals surface area (Å²) >= 11 is 0. The van der Waals surface area contributed by atoms with Crippen LogP contribution in [0.15, 0.2) is 36.4 Å². The topological polar surface area (TPSA) is 90.9 Å².